The second kappa shape index (κ2) is 7.46. The Hall–Kier alpha value is -2.97. The van der Waals surface area contributed by atoms with Crippen molar-refractivity contribution < 1.29 is 22.8 Å². The molecule has 0 unspecified atom stereocenters. The monoisotopic (exact) mass is 406 g/mol. The number of amides is 2. The molecule has 9 heteroatoms. The molecule has 2 heterocycles. The predicted molar refractivity (Wildman–Crippen MR) is 99.5 cm³/mol. The summed E-state index contributed by atoms with van der Waals surface area (Å²) < 4.78 is 40.5. The molecule has 1 N–H and O–H groups in total. The number of benzene rings is 1. The normalized spacial score (nSPS) is 19.6. The molecule has 2 aromatic rings. The molecule has 3 rings (SSSR count). The van der Waals surface area contributed by atoms with Gasteiger partial charge in [0, 0.05) is 31.1 Å². The van der Waals surface area contributed by atoms with Crippen LogP contribution in [0.1, 0.15) is 38.2 Å². The molecule has 29 heavy (non-hydrogen) atoms. The number of carbonyl (C=O) groups is 2. The molecule has 0 saturated carbocycles. The van der Waals surface area contributed by atoms with E-state index in [1.54, 1.807) is 19.3 Å². The van der Waals surface area contributed by atoms with Crippen molar-refractivity contribution in [3.05, 3.63) is 53.4 Å². The Bertz CT molecular complexity index is 975. The van der Waals surface area contributed by atoms with Crippen LogP contribution in [0.2, 0.25) is 0 Å². The number of hydrogen-bond donors (Lipinski definition) is 1. The van der Waals surface area contributed by atoms with E-state index in [0.29, 0.717) is 17.6 Å². The topological polar surface area (TPSA) is 75.2 Å². The maximum atomic E-state index is 13.9. The van der Waals surface area contributed by atoms with Crippen LogP contribution in [0.15, 0.2) is 24.4 Å². The van der Waals surface area contributed by atoms with Gasteiger partial charge in [0.05, 0.1) is 11.4 Å². The Morgan fingerprint density at radius 2 is 1.86 bits per heavy atom. The van der Waals surface area contributed by atoms with E-state index in [1.165, 1.54) is 4.90 Å². The van der Waals surface area contributed by atoms with Gasteiger partial charge in [0.25, 0.3) is 0 Å². The molecule has 154 valence electrons. The van der Waals surface area contributed by atoms with Crippen molar-refractivity contribution in [3.63, 3.8) is 0 Å². The van der Waals surface area contributed by atoms with E-state index in [2.05, 4.69) is 15.3 Å². The van der Waals surface area contributed by atoms with Crippen LogP contribution in [-0.4, -0.2) is 40.3 Å². The summed E-state index contributed by atoms with van der Waals surface area (Å²) in [6.45, 7) is 6.05. The summed E-state index contributed by atoms with van der Waals surface area (Å²) in [5, 5.41) is 2.20. The highest BCUT2D eigenvalue weighted by Crippen LogP contribution is 2.34. The van der Waals surface area contributed by atoms with Crippen LogP contribution in [0.3, 0.4) is 0 Å². The van der Waals surface area contributed by atoms with Crippen molar-refractivity contribution >= 4 is 17.5 Å². The highest BCUT2D eigenvalue weighted by Gasteiger charge is 2.45. The van der Waals surface area contributed by atoms with Gasteiger partial charge >= 0.3 is 0 Å². The number of rotatable bonds is 3. The molecule has 2 amide bonds. The van der Waals surface area contributed by atoms with Gasteiger partial charge in [0.15, 0.2) is 17.5 Å². The minimum atomic E-state index is -1.69. The van der Waals surface area contributed by atoms with Crippen molar-refractivity contribution in [2.24, 2.45) is 5.92 Å². The third-order valence-electron chi connectivity index (χ3n) is 4.82. The van der Waals surface area contributed by atoms with E-state index in [1.807, 2.05) is 20.8 Å². The van der Waals surface area contributed by atoms with Crippen LogP contribution in [0.25, 0.3) is 0 Å². The van der Waals surface area contributed by atoms with E-state index in [0.717, 1.165) is 6.07 Å². The van der Waals surface area contributed by atoms with Crippen LogP contribution in [0.4, 0.5) is 18.9 Å². The number of nitrogens with zero attached hydrogens (tertiary/aromatic N) is 3. The number of likely N-dealkylation sites (N-methyl/N-ethyl adjacent to an activating group) is 1. The minimum Gasteiger partial charge on any atom is -0.344 e. The Morgan fingerprint density at radius 1 is 1.17 bits per heavy atom. The Labute approximate surface area is 166 Å². The Balaban J connectivity index is 1.93. The van der Waals surface area contributed by atoms with Crippen molar-refractivity contribution in [2.45, 2.75) is 32.1 Å². The van der Waals surface area contributed by atoms with Gasteiger partial charge in [-0.2, -0.15) is 0 Å². The average molecular weight is 406 g/mol. The second-order valence-electron chi connectivity index (χ2n) is 8.07. The quantitative estimate of drug-likeness (QED) is 0.628. The van der Waals surface area contributed by atoms with Gasteiger partial charge in [-0.3, -0.25) is 9.59 Å². The SMILES string of the molecule is CN1C[C@H](c2ccnc(C(C)(C)C)n2)[C@@H](C(=O)Nc2ccc(F)c(F)c2F)C1=O. The summed E-state index contributed by atoms with van der Waals surface area (Å²) in [6, 6.07) is 3.24. The third-order valence-corrected chi connectivity index (χ3v) is 4.82. The summed E-state index contributed by atoms with van der Waals surface area (Å²) in [5.74, 6) is -7.09. The average Bonchev–Trinajstić information content (AvgIpc) is 2.96. The summed E-state index contributed by atoms with van der Waals surface area (Å²) in [5.41, 5.74) is -0.363. The third kappa shape index (κ3) is 3.94. The number of anilines is 1. The number of hydrogen-bond acceptors (Lipinski definition) is 4. The van der Waals surface area contributed by atoms with Gasteiger partial charge in [-0.05, 0) is 18.2 Å². The number of nitrogens with one attached hydrogen (secondary N) is 1. The van der Waals surface area contributed by atoms with Gasteiger partial charge in [0.2, 0.25) is 11.8 Å². The predicted octanol–water partition coefficient (Wildman–Crippen LogP) is 3.00. The van der Waals surface area contributed by atoms with Crippen molar-refractivity contribution in [1.29, 1.82) is 0 Å². The maximum Gasteiger partial charge on any atom is 0.237 e. The zero-order valence-corrected chi connectivity index (χ0v) is 16.5. The molecule has 1 aliphatic rings. The van der Waals surface area contributed by atoms with Gasteiger partial charge in [-0.25, -0.2) is 23.1 Å². The first kappa shape index (κ1) is 20.8. The lowest BCUT2D eigenvalue weighted by Crippen LogP contribution is -2.33. The molecule has 0 aliphatic carbocycles. The summed E-state index contributed by atoms with van der Waals surface area (Å²) in [6.07, 6.45) is 1.57. The molecule has 0 spiro atoms. The highest BCUT2D eigenvalue weighted by atomic mass is 19.2. The fraction of sp³-hybridized carbons (Fsp3) is 0.400. The first-order valence-electron chi connectivity index (χ1n) is 9.03. The molecule has 1 aromatic carbocycles. The minimum absolute atomic E-state index is 0.234. The van der Waals surface area contributed by atoms with E-state index in [-0.39, 0.29) is 12.0 Å². The van der Waals surface area contributed by atoms with E-state index in [9.17, 15) is 22.8 Å². The largest absolute Gasteiger partial charge is 0.344 e. The van der Waals surface area contributed by atoms with Crippen LogP contribution >= 0.6 is 0 Å². The lowest BCUT2D eigenvalue weighted by Gasteiger charge is -2.20. The Kier molecular flexibility index (Phi) is 5.34. The number of likely N-dealkylation sites (tertiary alicyclic amines) is 1. The van der Waals surface area contributed by atoms with Gasteiger partial charge < -0.3 is 10.2 Å². The zero-order valence-electron chi connectivity index (χ0n) is 16.5. The summed E-state index contributed by atoms with van der Waals surface area (Å²) in [4.78, 5) is 35.6. The Morgan fingerprint density at radius 3 is 2.52 bits per heavy atom. The van der Waals surface area contributed by atoms with Crippen molar-refractivity contribution in [1.82, 2.24) is 14.9 Å². The standard InChI is InChI=1S/C20H21F3N4O2/c1-20(2,3)19-24-8-7-12(26-19)10-9-27(4)18(29)14(10)17(28)25-13-6-5-11(21)15(22)16(13)23/h5-8,10,14H,9H2,1-4H3,(H,25,28)/t10-,14+/m1/s1. The smallest absolute Gasteiger partial charge is 0.237 e. The maximum absolute atomic E-state index is 13.9. The van der Waals surface area contributed by atoms with Crippen LogP contribution in [0, 0.1) is 23.4 Å². The zero-order chi connectivity index (χ0) is 21.5. The number of halogens is 3. The van der Waals surface area contributed by atoms with E-state index in [4.69, 9.17) is 0 Å². The summed E-state index contributed by atoms with van der Waals surface area (Å²) in [7, 11) is 1.55. The summed E-state index contributed by atoms with van der Waals surface area (Å²) >= 11 is 0. The van der Waals surface area contributed by atoms with Gasteiger partial charge in [-0.1, -0.05) is 20.8 Å². The molecule has 6 nitrogen and oxygen atoms in total. The fourth-order valence-electron chi connectivity index (χ4n) is 3.23. The lowest BCUT2D eigenvalue weighted by molar-refractivity contribution is -0.135. The van der Waals surface area contributed by atoms with E-state index >= 15 is 0 Å². The molecule has 0 bridgehead atoms. The molecule has 0 radical (unpaired) electrons. The molecule has 1 saturated heterocycles. The van der Waals surface area contributed by atoms with E-state index < -0.39 is 46.8 Å². The van der Waals surface area contributed by atoms with Crippen LogP contribution < -0.4 is 5.32 Å². The van der Waals surface area contributed by atoms with Crippen molar-refractivity contribution in [3.8, 4) is 0 Å². The van der Waals surface area contributed by atoms with Gasteiger partial charge in [0.1, 0.15) is 11.7 Å². The molecular formula is C20H21F3N4O2. The van der Waals surface area contributed by atoms with Gasteiger partial charge in [-0.15, -0.1) is 0 Å². The molecule has 1 fully saturated rings. The lowest BCUT2D eigenvalue weighted by atomic mass is 9.90. The first-order valence-corrected chi connectivity index (χ1v) is 9.03. The number of aromatic nitrogens is 2. The number of carbonyl (C=O) groups excluding carboxylic acids is 2. The highest BCUT2D eigenvalue weighted by molar-refractivity contribution is 6.08. The second-order valence-corrected chi connectivity index (χ2v) is 8.07. The molecule has 2 atom stereocenters. The van der Waals surface area contributed by atoms with Crippen LogP contribution in [-0.2, 0) is 15.0 Å². The molecule has 1 aromatic heterocycles. The van der Waals surface area contributed by atoms with Crippen molar-refractivity contribution in [2.75, 3.05) is 18.9 Å². The first-order chi connectivity index (χ1) is 13.5. The fourth-order valence-corrected chi connectivity index (χ4v) is 3.23. The molecular weight excluding hydrogens is 385 g/mol. The molecule has 1 aliphatic heterocycles. The van der Waals surface area contributed by atoms with Crippen LogP contribution in [0.5, 0.6) is 0 Å².